The minimum absolute atomic E-state index is 0.149. The predicted octanol–water partition coefficient (Wildman–Crippen LogP) is 3.40. The molecule has 8 heteroatoms. The van der Waals surface area contributed by atoms with E-state index >= 15 is 0 Å². The molecule has 2 heterocycles. The molecule has 0 fully saturated rings. The third-order valence-corrected chi connectivity index (χ3v) is 4.71. The van der Waals surface area contributed by atoms with Crippen LogP contribution in [-0.2, 0) is 9.59 Å². The first-order chi connectivity index (χ1) is 13.3. The van der Waals surface area contributed by atoms with Crippen LogP contribution in [0.4, 0.5) is 5.69 Å². The number of benzene rings is 1. The van der Waals surface area contributed by atoms with Crippen LogP contribution in [0.25, 0.3) is 0 Å². The first-order valence-electron chi connectivity index (χ1n) is 8.76. The Bertz CT molecular complexity index is 995. The number of hydrogen-bond donors (Lipinski definition) is 2. The lowest BCUT2D eigenvalue weighted by Gasteiger charge is -2.18. The van der Waals surface area contributed by atoms with Crippen molar-refractivity contribution in [3.8, 4) is 0 Å². The van der Waals surface area contributed by atoms with E-state index in [0.717, 1.165) is 17.0 Å². The van der Waals surface area contributed by atoms with E-state index in [1.807, 2.05) is 32.9 Å². The summed E-state index contributed by atoms with van der Waals surface area (Å²) in [5, 5.41) is 10.2. The van der Waals surface area contributed by atoms with Crippen LogP contribution in [0.15, 0.2) is 47.1 Å². The van der Waals surface area contributed by atoms with Crippen LogP contribution >= 0.6 is 11.6 Å². The van der Waals surface area contributed by atoms with Crippen LogP contribution in [0.3, 0.4) is 0 Å². The maximum absolute atomic E-state index is 12.3. The Hall–Kier alpha value is -3.06. The molecule has 2 N–H and O–H groups in total. The van der Waals surface area contributed by atoms with E-state index in [4.69, 9.17) is 16.0 Å². The van der Waals surface area contributed by atoms with E-state index in [0.29, 0.717) is 16.5 Å². The fraction of sp³-hybridized carbons (Fsp3) is 0.250. The molecule has 2 amide bonds. The number of furan rings is 1. The smallest absolute Gasteiger partial charge is 0.313 e. The van der Waals surface area contributed by atoms with Crippen molar-refractivity contribution >= 4 is 29.1 Å². The maximum Gasteiger partial charge on any atom is 0.313 e. The largest absolute Gasteiger partial charge is 0.467 e. The minimum atomic E-state index is -0.772. The average molecular weight is 401 g/mol. The number of carbonyl (C=O) groups excluding carboxylic acids is 2. The van der Waals surface area contributed by atoms with E-state index in [1.165, 1.54) is 0 Å². The van der Waals surface area contributed by atoms with Gasteiger partial charge in [-0.15, -0.1) is 0 Å². The number of rotatable bonds is 5. The third-order valence-electron chi connectivity index (χ3n) is 4.30. The molecule has 0 spiro atoms. The molecule has 0 saturated heterocycles. The van der Waals surface area contributed by atoms with Gasteiger partial charge in [0.05, 0.1) is 12.0 Å². The van der Waals surface area contributed by atoms with Gasteiger partial charge in [0, 0.05) is 22.9 Å². The number of aryl methyl sites for hydroxylation is 3. The van der Waals surface area contributed by atoms with Gasteiger partial charge in [-0.2, -0.15) is 5.10 Å². The Kier molecular flexibility index (Phi) is 5.84. The molecule has 0 aliphatic heterocycles. The zero-order chi connectivity index (χ0) is 20.3. The highest BCUT2D eigenvalue weighted by Crippen LogP contribution is 2.21. The molecule has 1 atom stereocenters. The lowest BCUT2D eigenvalue weighted by atomic mass is 10.2. The highest BCUT2D eigenvalue weighted by atomic mass is 35.5. The molecule has 7 nitrogen and oxygen atoms in total. The van der Waals surface area contributed by atoms with Crippen molar-refractivity contribution in [2.45, 2.75) is 26.8 Å². The molecule has 146 valence electrons. The van der Waals surface area contributed by atoms with Gasteiger partial charge >= 0.3 is 11.8 Å². The summed E-state index contributed by atoms with van der Waals surface area (Å²) < 4.78 is 7.27. The molecule has 0 radical (unpaired) electrons. The molecule has 1 aromatic carbocycles. The van der Waals surface area contributed by atoms with E-state index < -0.39 is 11.8 Å². The molecule has 0 saturated carbocycles. The summed E-state index contributed by atoms with van der Waals surface area (Å²) in [5.41, 5.74) is 3.12. The summed E-state index contributed by atoms with van der Waals surface area (Å²) in [6.07, 6.45) is 1.56. The van der Waals surface area contributed by atoms with E-state index in [9.17, 15) is 9.59 Å². The Balaban J connectivity index is 1.68. The van der Waals surface area contributed by atoms with Gasteiger partial charge in [-0.3, -0.25) is 14.3 Å². The fourth-order valence-electron chi connectivity index (χ4n) is 2.88. The summed E-state index contributed by atoms with van der Waals surface area (Å²) in [6.45, 7) is 5.82. The normalized spacial score (nSPS) is 11.9. The van der Waals surface area contributed by atoms with Gasteiger partial charge in [-0.1, -0.05) is 17.7 Å². The summed E-state index contributed by atoms with van der Waals surface area (Å²) in [5.74, 6) is -0.890. The standard InChI is InChI=1S/C20H21ClN4O3/c1-12-6-7-15(10-16(12)21)23-20(27)19(26)22-11-17(18-5-4-8-28-18)25-14(3)9-13(2)24-25/h4-10,17H,11H2,1-3H3,(H,22,26)(H,23,27). The molecule has 0 bridgehead atoms. The van der Waals surface area contributed by atoms with Crippen LogP contribution < -0.4 is 10.6 Å². The first-order valence-corrected chi connectivity index (χ1v) is 9.14. The van der Waals surface area contributed by atoms with Crippen LogP contribution in [-0.4, -0.2) is 28.1 Å². The van der Waals surface area contributed by atoms with Gasteiger partial charge in [-0.05, 0) is 56.7 Å². The van der Waals surface area contributed by atoms with E-state index in [2.05, 4.69) is 15.7 Å². The number of hydrogen-bond acceptors (Lipinski definition) is 4. The van der Waals surface area contributed by atoms with Crippen molar-refractivity contribution in [3.63, 3.8) is 0 Å². The second-order valence-electron chi connectivity index (χ2n) is 6.53. The van der Waals surface area contributed by atoms with E-state index in [1.54, 1.807) is 35.2 Å². The molecule has 2 aromatic heterocycles. The van der Waals surface area contributed by atoms with Gasteiger partial charge in [0.15, 0.2) is 0 Å². The Labute approximate surface area is 167 Å². The molecular weight excluding hydrogens is 380 g/mol. The Morgan fingerprint density at radius 1 is 1.18 bits per heavy atom. The summed E-state index contributed by atoms with van der Waals surface area (Å²) >= 11 is 6.05. The fourth-order valence-corrected chi connectivity index (χ4v) is 3.06. The minimum Gasteiger partial charge on any atom is -0.467 e. The maximum atomic E-state index is 12.3. The van der Waals surface area contributed by atoms with Crippen molar-refractivity contribution in [1.29, 1.82) is 0 Å². The molecule has 1 unspecified atom stereocenters. The number of nitrogens with zero attached hydrogens (tertiary/aromatic N) is 2. The van der Waals surface area contributed by atoms with Gasteiger partial charge in [-0.25, -0.2) is 0 Å². The van der Waals surface area contributed by atoms with Crippen molar-refractivity contribution in [2.24, 2.45) is 0 Å². The zero-order valence-corrected chi connectivity index (χ0v) is 16.6. The zero-order valence-electron chi connectivity index (χ0n) is 15.8. The third kappa shape index (κ3) is 4.43. The van der Waals surface area contributed by atoms with Gasteiger partial charge < -0.3 is 15.1 Å². The lowest BCUT2D eigenvalue weighted by Crippen LogP contribution is -2.39. The predicted molar refractivity (Wildman–Crippen MR) is 106 cm³/mol. The molecule has 0 aliphatic rings. The molecule has 0 aliphatic carbocycles. The number of carbonyl (C=O) groups is 2. The average Bonchev–Trinajstić information content (AvgIpc) is 3.28. The number of amides is 2. The quantitative estimate of drug-likeness (QED) is 0.642. The van der Waals surface area contributed by atoms with Crippen molar-refractivity contribution in [1.82, 2.24) is 15.1 Å². The Morgan fingerprint density at radius 2 is 1.96 bits per heavy atom. The monoisotopic (exact) mass is 400 g/mol. The molecule has 3 aromatic rings. The van der Waals surface area contributed by atoms with Gasteiger partial charge in [0.2, 0.25) is 0 Å². The lowest BCUT2D eigenvalue weighted by molar-refractivity contribution is -0.136. The molecule has 28 heavy (non-hydrogen) atoms. The second kappa shape index (κ2) is 8.31. The van der Waals surface area contributed by atoms with Crippen LogP contribution in [0.2, 0.25) is 5.02 Å². The number of halogens is 1. The second-order valence-corrected chi connectivity index (χ2v) is 6.94. The summed E-state index contributed by atoms with van der Waals surface area (Å²) in [7, 11) is 0. The van der Waals surface area contributed by atoms with E-state index in [-0.39, 0.29) is 12.6 Å². The summed E-state index contributed by atoms with van der Waals surface area (Å²) in [4.78, 5) is 24.5. The van der Waals surface area contributed by atoms with Crippen LogP contribution in [0.5, 0.6) is 0 Å². The van der Waals surface area contributed by atoms with Gasteiger partial charge in [0.1, 0.15) is 11.8 Å². The van der Waals surface area contributed by atoms with Crippen molar-refractivity contribution in [3.05, 3.63) is 70.4 Å². The van der Waals surface area contributed by atoms with Crippen LogP contribution in [0.1, 0.15) is 28.8 Å². The molecular formula is C20H21ClN4O3. The van der Waals surface area contributed by atoms with Crippen molar-refractivity contribution in [2.75, 3.05) is 11.9 Å². The number of aromatic nitrogens is 2. The first kappa shape index (κ1) is 19.7. The van der Waals surface area contributed by atoms with Crippen molar-refractivity contribution < 1.29 is 14.0 Å². The van der Waals surface area contributed by atoms with Gasteiger partial charge in [0.25, 0.3) is 0 Å². The molecule has 3 rings (SSSR count). The van der Waals surface area contributed by atoms with Crippen LogP contribution in [0, 0.1) is 20.8 Å². The number of nitrogens with one attached hydrogen (secondary N) is 2. The topological polar surface area (TPSA) is 89.2 Å². The SMILES string of the molecule is Cc1cc(C)n(C(CNC(=O)C(=O)Nc2ccc(C)c(Cl)c2)c2ccco2)n1. The highest BCUT2D eigenvalue weighted by molar-refractivity contribution is 6.39. The highest BCUT2D eigenvalue weighted by Gasteiger charge is 2.22. The summed E-state index contributed by atoms with van der Waals surface area (Å²) in [6, 6.07) is 10.2. The number of anilines is 1. The Morgan fingerprint density at radius 3 is 2.57 bits per heavy atom.